The summed E-state index contributed by atoms with van der Waals surface area (Å²) in [5, 5.41) is 7.37. The number of aromatic nitrogens is 2. The van der Waals surface area contributed by atoms with E-state index in [9.17, 15) is 4.79 Å². The summed E-state index contributed by atoms with van der Waals surface area (Å²) in [6.07, 6.45) is 4.21. The predicted octanol–water partition coefficient (Wildman–Crippen LogP) is 4.52. The van der Waals surface area contributed by atoms with Crippen molar-refractivity contribution >= 4 is 11.8 Å². The first-order valence-electron chi connectivity index (χ1n) is 8.81. The zero-order valence-corrected chi connectivity index (χ0v) is 15.0. The van der Waals surface area contributed by atoms with E-state index in [-0.39, 0.29) is 6.03 Å². The van der Waals surface area contributed by atoms with E-state index < -0.39 is 0 Å². The molecule has 5 nitrogen and oxygen atoms in total. The van der Waals surface area contributed by atoms with Gasteiger partial charge in [0.25, 0.3) is 0 Å². The number of nitrogens with zero attached hydrogens (tertiary/aromatic N) is 3. The van der Waals surface area contributed by atoms with Crippen LogP contribution >= 0.6 is 0 Å². The SMILES string of the molecule is CCCCN(CCCC)C(=O)Nc1cc(-c2ccccc2)n(C)n1. The molecule has 2 rings (SSSR count). The molecule has 0 aliphatic carbocycles. The van der Waals surface area contributed by atoms with Gasteiger partial charge < -0.3 is 4.90 Å². The van der Waals surface area contributed by atoms with Gasteiger partial charge in [-0.25, -0.2) is 4.79 Å². The molecular weight excluding hydrogens is 300 g/mol. The molecular formula is C19H28N4O. The number of rotatable bonds is 8. The average Bonchev–Trinajstić information content (AvgIpc) is 2.96. The van der Waals surface area contributed by atoms with E-state index >= 15 is 0 Å². The van der Waals surface area contributed by atoms with Crippen molar-refractivity contribution < 1.29 is 4.79 Å². The summed E-state index contributed by atoms with van der Waals surface area (Å²) in [6.45, 7) is 5.86. The first-order chi connectivity index (χ1) is 11.7. The molecule has 0 spiro atoms. The second kappa shape index (κ2) is 9.11. The number of carbonyl (C=O) groups excluding carboxylic acids is 1. The van der Waals surface area contributed by atoms with Gasteiger partial charge in [0, 0.05) is 26.2 Å². The molecule has 0 aliphatic heterocycles. The van der Waals surface area contributed by atoms with Gasteiger partial charge in [-0.1, -0.05) is 57.0 Å². The second-order valence-electron chi connectivity index (χ2n) is 6.03. The molecule has 0 saturated carbocycles. The van der Waals surface area contributed by atoms with Gasteiger partial charge in [-0.05, 0) is 18.4 Å². The summed E-state index contributed by atoms with van der Waals surface area (Å²) in [4.78, 5) is 14.4. The van der Waals surface area contributed by atoms with Gasteiger partial charge in [-0.3, -0.25) is 10.00 Å². The Morgan fingerprint density at radius 3 is 2.33 bits per heavy atom. The van der Waals surface area contributed by atoms with Gasteiger partial charge in [-0.15, -0.1) is 0 Å². The Morgan fingerprint density at radius 1 is 1.12 bits per heavy atom. The Hall–Kier alpha value is -2.30. The summed E-state index contributed by atoms with van der Waals surface area (Å²) in [6, 6.07) is 11.9. The van der Waals surface area contributed by atoms with E-state index in [1.165, 1.54) is 0 Å². The van der Waals surface area contributed by atoms with Crippen molar-refractivity contribution in [3.8, 4) is 11.3 Å². The van der Waals surface area contributed by atoms with Crippen molar-refractivity contribution in [1.29, 1.82) is 0 Å². The highest BCUT2D eigenvalue weighted by molar-refractivity contribution is 5.89. The van der Waals surface area contributed by atoms with Crippen molar-refractivity contribution in [3.05, 3.63) is 36.4 Å². The van der Waals surface area contributed by atoms with Crippen molar-refractivity contribution in [3.63, 3.8) is 0 Å². The fraction of sp³-hybridized carbons (Fsp3) is 0.474. The van der Waals surface area contributed by atoms with Gasteiger partial charge in [0.1, 0.15) is 0 Å². The summed E-state index contributed by atoms with van der Waals surface area (Å²) >= 11 is 0. The Kier molecular flexibility index (Phi) is 6.85. The number of nitrogens with one attached hydrogen (secondary N) is 1. The zero-order valence-electron chi connectivity index (χ0n) is 15.0. The highest BCUT2D eigenvalue weighted by Crippen LogP contribution is 2.21. The van der Waals surface area contributed by atoms with Crippen molar-refractivity contribution in [2.75, 3.05) is 18.4 Å². The monoisotopic (exact) mass is 328 g/mol. The number of carbonyl (C=O) groups is 1. The van der Waals surface area contributed by atoms with E-state index in [4.69, 9.17) is 0 Å². The highest BCUT2D eigenvalue weighted by Gasteiger charge is 2.15. The van der Waals surface area contributed by atoms with Gasteiger partial charge >= 0.3 is 6.03 Å². The molecule has 1 heterocycles. The molecule has 0 atom stereocenters. The topological polar surface area (TPSA) is 50.2 Å². The number of amides is 2. The molecule has 1 aromatic carbocycles. The fourth-order valence-corrected chi connectivity index (χ4v) is 2.61. The Bertz CT molecular complexity index is 628. The molecule has 130 valence electrons. The minimum atomic E-state index is -0.0605. The van der Waals surface area contributed by atoms with Crippen molar-refractivity contribution in [2.45, 2.75) is 39.5 Å². The van der Waals surface area contributed by atoms with E-state index in [0.717, 1.165) is 50.0 Å². The molecule has 0 radical (unpaired) electrons. The van der Waals surface area contributed by atoms with Crippen LogP contribution in [-0.2, 0) is 7.05 Å². The van der Waals surface area contributed by atoms with Crippen LogP contribution in [-0.4, -0.2) is 33.8 Å². The zero-order chi connectivity index (χ0) is 17.4. The Balaban J connectivity index is 2.07. The standard InChI is InChI=1S/C19H28N4O/c1-4-6-13-23(14-7-5-2)19(24)20-18-15-17(22(3)21-18)16-11-9-8-10-12-16/h8-12,15H,4-7,13-14H2,1-3H3,(H,20,21,24). The maximum Gasteiger partial charge on any atom is 0.323 e. The Labute approximate surface area is 144 Å². The van der Waals surface area contributed by atoms with Gasteiger partial charge in [0.05, 0.1) is 5.69 Å². The largest absolute Gasteiger partial charge is 0.325 e. The van der Waals surface area contributed by atoms with Crippen molar-refractivity contribution in [1.82, 2.24) is 14.7 Å². The van der Waals surface area contributed by atoms with E-state index in [2.05, 4.69) is 24.3 Å². The van der Waals surface area contributed by atoms with Crippen LogP contribution in [0, 0.1) is 0 Å². The van der Waals surface area contributed by atoms with Crippen LogP contribution in [0.3, 0.4) is 0 Å². The lowest BCUT2D eigenvalue weighted by Gasteiger charge is -2.22. The summed E-state index contributed by atoms with van der Waals surface area (Å²) in [5.41, 5.74) is 2.07. The lowest BCUT2D eigenvalue weighted by Crippen LogP contribution is -2.36. The summed E-state index contributed by atoms with van der Waals surface area (Å²) in [5.74, 6) is 0.597. The number of urea groups is 1. The van der Waals surface area contributed by atoms with Crippen molar-refractivity contribution in [2.24, 2.45) is 7.05 Å². The molecule has 2 aromatic rings. The molecule has 1 aromatic heterocycles. The quantitative estimate of drug-likeness (QED) is 0.774. The first kappa shape index (κ1) is 18.0. The lowest BCUT2D eigenvalue weighted by atomic mass is 10.1. The van der Waals surface area contributed by atoms with Gasteiger partial charge in [0.15, 0.2) is 5.82 Å². The normalized spacial score (nSPS) is 10.6. The minimum absolute atomic E-state index is 0.0605. The van der Waals surface area contributed by atoms with Crippen LogP contribution in [0.2, 0.25) is 0 Å². The molecule has 0 aliphatic rings. The minimum Gasteiger partial charge on any atom is -0.325 e. The van der Waals surface area contributed by atoms with E-state index in [1.807, 2.05) is 48.3 Å². The van der Waals surface area contributed by atoms with Gasteiger partial charge in [-0.2, -0.15) is 5.10 Å². The maximum atomic E-state index is 12.5. The highest BCUT2D eigenvalue weighted by atomic mass is 16.2. The molecule has 0 unspecified atom stereocenters. The van der Waals surface area contributed by atoms with Crippen LogP contribution in [0.15, 0.2) is 36.4 Å². The lowest BCUT2D eigenvalue weighted by molar-refractivity contribution is 0.209. The summed E-state index contributed by atoms with van der Waals surface area (Å²) < 4.78 is 1.80. The van der Waals surface area contributed by atoms with Gasteiger partial charge in [0.2, 0.25) is 0 Å². The number of anilines is 1. The number of hydrogen-bond donors (Lipinski definition) is 1. The first-order valence-corrected chi connectivity index (χ1v) is 8.81. The molecule has 2 amide bonds. The molecule has 24 heavy (non-hydrogen) atoms. The average molecular weight is 328 g/mol. The molecule has 0 fully saturated rings. The predicted molar refractivity (Wildman–Crippen MR) is 99.1 cm³/mol. The molecule has 0 bridgehead atoms. The van der Waals surface area contributed by atoms with Crippen LogP contribution in [0.4, 0.5) is 10.6 Å². The molecule has 5 heteroatoms. The van der Waals surface area contributed by atoms with E-state index in [0.29, 0.717) is 5.82 Å². The second-order valence-corrected chi connectivity index (χ2v) is 6.03. The Morgan fingerprint density at radius 2 is 1.75 bits per heavy atom. The number of aryl methyl sites for hydroxylation is 1. The number of benzene rings is 1. The third kappa shape index (κ3) is 4.85. The van der Waals surface area contributed by atoms with E-state index in [1.54, 1.807) is 4.68 Å². The number of unbranched alkanes of at least 4 members (excludes halogenated alkanes) is 2. The third-order valence-corrected chi connectivity index (χ3v) is 4.03. The van der Waals surface area contributed by atoms with Crippen LogP contribution in [0.5, 0.6) is 0 Å². The third-order valence-electron chi connectivity index (χ3n) is 4.03. The number of hydrogen-bond acceptors (Lipinski definition) is 2. The van der Waals surface area contributed by atoms with Crippen LogP contribution in [0.1, 0.15) is 39.5 Å². The summed E-state index contributed by atoms with van der Waals surface area (Å²) in [7, 11) is 1.89. The maximum absolute atomic E-state index is 12.5. The fourth-order valence-electron chi connectivity index (χ4n) is 2.61. The molecule has 0 saturated heterocycles. The smallest absolute Gasteiger partial charge is 0.323 e. The van der Waals surface area contributed by atoms with Crippen LogP contribution in [0.25, 0.3) is 11.3 Å². The molecule has 1 N–H and O–H groups in total. The van der Waals surface area contributed by atoms with Crippen LogP contribution < -0.4 is 5.32 Å².